The number of methoxy groups -OCH3 is 1. The normalized spacial score (nSPS) is 18.2. The van der Waals surface area contributed by atoms with Gasteiger partial charge in [-0.1, -0.05) is 0 Å². The predicted molar refractivity (Wildman–Crippen MR) is 88.0 cm³/mol. The van der Waals surface area contributed by atoms with Gasteiger partial charge in [0.25, 0.3) is 12.3 Å². The van der Waals surface area contributed by atoms with E-state index in [9.17, 15) is 13.6 Å². The van der Waals surface area contributed by atoms with E-state index < -0.39 is 6.43 Å². The fourth-order valence-electron chi connectivity index (χ4n) is 3.31. The van der Waals surface area contributed by atoms with Gasteiger partial charge >= 0.3 is 0 Å². The Kier molecular flexibility index (Phi) is 5.12. The van der Waals surface area contributed by atoms with Crippen LogP contribution < -0.4 is 10.1 Å². The van der Waals surface area contributed by atoms with Crippen LogP contribution in [0.4, 0.5) is 8.78 Å². The molecule has 2 aromatic rings. The molecular formula is C16H21F2N5O2. The standard InChI is InChI=1S/C16H21F2N5O2/c1-22-15-11(8-21-22)14(25-2)12(7-19-15)16(24)20-6-10-4-3-5-23(10)9-13(17)18/h7-8,10,13H,3-6,9H2,1-2H3,(H,20,24). The van der Waals surface area contributed by atoms with Gasteiger partial charge in [0, 0.05) is 25.8 Å². The van der Waals surface area contributed by atoms with E-state index in [1.807, 2.05) is 0 Å². The lowest BCUT2D eigenvalue weighted by molar-refractivity contribution is 0.0791. The van der Waals surface area contributed by atoms with Gasteiger partial charge in [-0.2, -0.15) is 5.10 Å². The number of nitrogens with zero attached hydrogens (tertiary/aromatic N) is 4. The number of fused-ring (bicyclic) bond motifs is 1. The molecule has 1 aliphatic heterocycles. The highest BCUT2D eigenvalue weighted by Gasteiger charge is 2.27. The van der Waals surface area contributed by atoms with Crippen molar-refractivity contribution in [1.82, 2.24) is 25.0 Å². The summed E-state index contributed by atoms with van der Waals surface area (Å²) in [6.45, 7) is 0.699. The van der Waals surface area contributed by atoms with Gasteiger partial charge in [-0.05, 0) is 19.4 Å². The first-order chi connectivity index (χ1) is 12.0. The van der Waals surface area contributed by atoms with Gasteiger partial charge in [-0.25, -0.2) is 13.8 Å². The molecule has 3 heterocycles. The Labute approximate surface area is 143 Å². The highest BCUT2D eigenvalue weighted by atomic mass is 19.3. The number of halogens is 2. The summed E-state index contributed by atoms with van der Waals surface area (Å²) in [7, 11) is 3.24. The SMILES string of the molecule is COc1c(C(=O)NCC2CCCN2CC(F)F)cnc2c1cnn2C. The molecule has 1 amide bonds. The molecular weight excluding hydrogens is 332 g/mol. The van der Waals surface area contributed by atoms with Crippen molar-refractivity contribution >= 4 is 16.9 Å². The van der Waals surface area contributed by atoms with Crippen molar-refractivity contribution in [2.24, 2.45) is 7.05 Å². The Morgan fingerprint density at radius 2 is 2.28 bits per heavy atom. The van der Waals surface area contributed by atoms with Crippen LogP contribution in [-0.2, 0) is 7.05 Å². The second kappa shape index (κ2) is 7.30. The van der Waals surface area contributed by atoms with E-state index in [2.05, 4.69) is 15.4 Å². The maximum Gasteiger partial charge on any atom is 0.256 e. The van der Waals surface area contributed by atoms with Gasteiger partial charge in [0.05, 0.1) is 25.2 Å². The van der Waals surface area contributed by atoms with Crippen molar-refractivity contribution < 1.29 is 18.3 Å². The number of aryl methyl sites for hydroxylation is 1. The van der Waals surface area contributed by atoms with Crippen LogP contribution in [0.15, 0.2) is 12.4 Å². The number of likely N-dealkylation sites (tertiary alicyclic amines) is 1. The number of pyridine rings is 1. The lowest BCUT2D eigenvalue weighted by Crippen LogP contribution is -2.42. The molecule has 1 N–H and O–H groups in total. The average molecular weight is 353 g/mol. The summed E-state index contributed by atoms with van der Waals surface area (Å²) in [5.74, 6) is 0.0745. The van der Waals surface area contributed by atoms with E-state index in [4.69, 9.17) is 4.74 Å². The molecule has 0 saturated carbocycles. The zero-order valence-corrected chi connectivity index (χ0v) is 14.2. The van der Waals surface area contributed by atoms with Crippen molar-refractivity contribution in [3.8, 4) is 5.75 Å². The number of nitrogens with one attached hydrogen (secondary N) is 1. The molecule has 1 fully saturated rings. The number of hydrogen-bond donors (Lipinski definition) is 1. The Balaban J connectivity index is 1.72. The molecule has 0 bridgehead atoms. The number of carbonyl (C=O) groups excluding carboxylic acids is 1. The maximum atomic E-state index is 12.6. The monoisotopic (exact) mass is 353 g/mol. The minimum atomic E-state index is -2.37. The van der Waals surface area contributed by atoms with Crippen LogP contribution in [-0.4, -0.2) is 64.8 Å². The van der Waals surface area contributed by atoms with Crippen molar-refractivity contribution in [2.45, 2.75) is 25.3 Å². The molecule has 9 heteroatoms. The first-order valence-corrected chi connectivity index (χ1v) is 8.16. The number of rotatable bonds is 6. The molecule has 1 aliphatic rings. The summed E-state index contributed by atoms with van der Waals surface area (Å²) in [6, 6.07) is -0.0703. The molecule has 1 atom stereocenters. The molecule has 1 unspecified atom stereocenters. The molecule has 0 radical (unpaired) electrons. The molecule has 3 rings (SSSR count). The average Bonchev–Trinajstić information content (AvgIpc) is 3.18. The van der Waals surface area contributed by atoms with Crippen molar-refractivity contribution in [2.75, 3.05) is 26.7 Å². The number of aromatic nitrogens is 3. The second-order valence-corrected chi connectivity index (χ2v) is 6.10. The summed E-state index contributed by atoms with van der Waals surface area (Å²) >= 11 is 0. The van der Waals surface area contributed by atoms with Crippen molar-refractivity contribution in [3.05, 3.63) is 18.0 Å². The molecule has 25 heavy (non-hydrogen) atoms. The lowest BCUT2D eigenvalue weighted by Gasteiger charge is -2.24. The highest BCUT2D eigenvalue weighted by Crippen LogP contribution is 2.27. The van der Waals surface area contributed by atoms with E-state index in [-0.39, 0.29) is 18.5 Å². The van der Waals surface area contributed by atoms with Gasteiger partial charge in [-0.3, -0.25) is 14.4 Å². The van der Waals surface area contributed by atoms with Crippen molar-refractivity contribution in [3.63, 3.8) is 0 Å². The minimum absolute atomic E-state index is 0.0703. The predicted octanol–water partition coefficient (Wildman–Crippen LogP) is 1.44. The molecule has 2 aromatic heterocycles. The first-order valence-electron chi connectivity index (χ1n) is 8.16. The number of hydrogen-bond acceptors (Lipinski definition) is 5. The molecule has 0 spiro atoms. The molecule has 0 aromatic carbocycles. The second-order valence-electron chi connectivity index (χ2n) is 6.10. The van der Waals surface area contributed by atoms with E-state index >= 15 is 0 Å². The fourth-order valence-corrected chi connectivity index (χ4v) is 3.31. The lowest BCUT2D eigenvalue weighted by atomic mass is 10.1. The fraction of sp³-hybridized carbons (Fsp3) is 0.562. The molecule has 0 aliphatic carbocycles. The topological polar surface area (TPSA) is 72.3 Å². The minimum Gasteiger partial charge on any atom is -0.495 e. The Morgan fingerprint density at radius 3 is 3.00 bits per heavy atom. The van der Waals surface area contributed by atoms with Crippen LogP contribution in [0, 0.1) is 0 Å². The third-order valence-electron chi connectivity index (χ3n) is 4.53. The van der Waals surface area contributed by atoms with E-state index in [1.54, 1.807) is 22.8 Å². The summed E-state index contributed by atoms with van der Waals surface area (Å²) in [6.07, 6.45) is 2.33. The van der Waals surface area contributed by atoms with Crippen LogP contribution >= 0.6 is 0 Å². The van der Waals surface area contributed by atoms with Crippen molar-refractivity contribution in [1.29, 1.82) is 0 Å². The van der Waals surface area contributed by atoms with Crippen LogP contribution in [0.3, 0.4) is 0 Å². The Bertz CT molecular complexity index is 764. The third kappa shape index (κ3) is 3.55. The van der Waals surface area contributed by atoms with Crippen LogP contribution in [0.1, 0.15) is 23.2 Å². The quantitative estimate of drug-likeness (QED) is 0.851. The smallest absolute Gasteiger partial charge is 0.256 e. The Hall–Kier alpha value is -2.29. The largest absolute Gasteiger partial charge is 0.495 e. The Morgan fingerprint density at radius 1 is 1.48 bits per heavy atom. The van der Waals surface area contributed by atoms with Crippen LogP contribution in [0.2, 0.25) is 0 Å². The maximum absolute atomic E-state index is 12.6. The van der Waals surface area contributed by atoms with Gasteiger partial charge in [0.2, 0.25) is 0 Å². The summed E-state index contributed by atoms with van der Waals surface area (Å²) in [4.78, 5) is 18.5. The zero-order chi connectivity index (χ0) is 18.0. The van der Waals surface area contributed by atoms with E-state index in [1.165, 1.54) is 13.3 Å². The van der Waals surface area contributed by atoms with Crippen LogP contribution in [0.25, 0.3) is 11.0 Å². The number of carbonyl (C=O) groups is 1. The summed E-state index contributed by atoms with van der Waals surface area (Å²) in [5.41, 5.74) is 0.925. The van der Waals surface area contributed by atoms with E-state index in [0.29, 0.717) is 35.4 Å². The van der Waals surface area contributed by atoms with Gasteiger partial charge in [0.1, 0.15) is 11.3 Å². The summed E-state index contributed by atoms with van der Waals surface area (Å²) < 4.78 is 32.2. The number of amides is 1. The third-order valence-corrected chi connectivity index (χ3v) is 4.53. The zero-order valence-electron chi connectivity index (χ0n) is 14.2. The number of ether oxygens (including phenoxy) is 1. The summed E-state index contributed by atoms with van der Waals surface area (Å²) in [5, 5.41) is 7.58. The first kappa shape index (κ1) is 17.5. The molecule has 136 valence electrons. The van der Waals surface area contributed by atoms with Gasteiger partial charge in [0.15, 0.2) is 5.65 Å². The van der Waals surface area contributed by atoms with Gasteiger partial charge < -0.3 is 10.1 Å². The molecule has 7 nitrogen and oxygen atoms in total. The highest BCUT2D eigenvalue weighted by molar-refractivity contribution is 6.01. The van der Waals surface area contributed by atoms with Crippen LogP contribution in [0.5, 0.6) is 5.75 Å². The van der Waals surface area contributed by atoms with Gasteiger partial charge in [-0.15, -0.1) is 0 Å². The van der Waals surface area contributed by atoms with E-state index in [0.717, 1.165) is 12.8 Å². The number of alkyl halides is 2. The molecule has 1 saturated heterocycles.